The van der Waals surface area contributed by atoms with E-state index < -0.39 is 0 Å². The van der Waals surface area contributed by atoms with Crippen LogP contribution in [0.4, 0.5) is 5.69 Å². The highest BCUT2D eigenvalue weighted by Crippen LogP contribution is 2.29. The molecule has 0 bridgehead atoms. The van der Waals surface area contributed by atoms with Crippen molar-refractivity contribution in [3.8, 4) is 17.0 Å². The summed E-state index contributed by atoms with van der Waals surface area (Å²) in [5.41, 5.74) is 3.95. The number of aliphatic hydroxyl groups excluding tert-OH is 1. The average Bonchev–Trinajstić information content (AvgIpc) is 2.62. The summed E-state index contributed by atoms with van der Waals surface area (Å²) in [5.74, 6) is 0.829. The first-order valence-electron chi connectivity index (χ1n) is 7.71. The number of rotatable bonds is 6. The molecular weight excluding hydrogens is 288 g/mol. The summed E-state index contributed by atoms with van der Waals surface area (Å²) in [4.78, 5) is 4.76. The zero-order valence-corrected chi connectivity index (χ0v) is 13.1. The minimum Gasteiger partial charge on any atom is -0.497 e. The topological polar surface area (TPSA) is 54.4 Å². The highest BCUT2D eigenvalue weighted by Gasteiger charge is 2.07. The molecule has 4 heteroatoms. The Morgan fingerprint density at radius 2 is 1.87 bits per heavy atom. The van der Waals surface area contributed by atoms with Gasteiger partial charge in [0.1, 0.15) is 5.75 Å². The maximum atomic E-state index is 8.98. The van der Waals surface area contributed by atoms with E-state index in [1.165, 1.54) is 0 Å². The molecule has 1 aromatic heterocycles. The van der Waals surface area contributed by atoms with Crippen molar-refractivity contribution in [2.24, 2.45) is 0 Å². The predicted molar refractivity (Wildman–Crippen MR) is 93.9 cm³/mol. The zero-order valence-electron chi connectivity index (χ0n) is 13.1. The smallest absolute Gasteiger partial charge is 0.118 e. The van der Waals surface area contributed by atoms with Crippen LogP contribution in [0.5, 0.6) is 5.75 Å². The van der Waals surface area contributed by atoms with E-state index in [0.29, 0.717) is 6.42 Å². The van der Waals surface area contributed by atoms with Crippen LogP contribution < -0.4 is 10.1 Å². The first-order chi connectivity index (χ1) is 11.3. The molecule has 0 aliphatic rings. The summed E-state index contributed by atoms with van der Waals surface area (Å²) < 4.78 is 5.21. The average molecular weight is 308 g/mol. The van der Waals surface area contributed by atoms with Gasteiger partial charge in [0.05, 0.1) is 18.3 Å². The monoisotopic (exact) mass is 308 g/mol. The van der Waals surface area contributed by atoms with Crippen LogP contribution >= 0.6 is 0 Å². The molecule has 0 amide bonds. The number of anilines is 1. The fourth-order valence-electron chi connectivity index (χ4n) is 2.53. The van der Waals surface area contributed by atoms with Crippen LogP contribution in [0.1, 0.15) is 6.42 Å². The van der Waals surface area contributed by atoms with Crippen LogP contribution in [0.25, 0.3) is 22.2 Å². The molecule has 2 aromatic carbocycles. The molecular formula is C19H20N2O2. The van der Waals surface area contributed by atoms with Gasteiger partial charge in [-0.15, -0.1) is 0 Å². The number of methoxy groups -OCH3 is 1. The highest BCUT2D eigenvalue weighted by molar-refractivity contribution is 5.93. The lowest BCUT2D eigenvalue weighted by atomic mass is 10.1. The summed E-state index contributed by atoms with van der Waals surface area (Å²) in [6, 6.07) is 18.0. The van der Waals surface area contributed by atoms with E-state index in [4.69, 9.17) is 14.8 Å². The Kier molecular flexibility index (Phi) is 4.74. The Bertz CT molecular complexity index is 785. The number of pyridine rings is 1. The molecule has 2 N–H and O–H groups in total. The third kappa shape index (κ3) is 3.43. The van der Waals surface area contributed by atoms with E-state index in [1.54, 1.807) is 7.11 Å². The number of ether oxygens (including phenoxy) is 1. The third-order valence-corrected chi connectivity index (χ3v) is 3.75. The van der Waals surface area contributed by atoms with Gasteiger partial charge in [0.2, 0.25) is 0 Å². The fourth-order valence-corrected chi connectivity index (χ4v) is 2.53. The molecule has 3 rings (SSSR count). The Morgan fingerprint density at radius 3 is 2.61 bits per heavy atom. The van der Waals surface area contributed by atoms with Gasteiger partial charge >= 0.3 is 0 Å². The molecule has 1 heterocycles. The van der Waals surface area contributed by atoms with Crippen LogP contribution in [0, 0.1) is 0 Å². The SMILES string of the molecule is COc1ccc(-c2cc(NCCCO)c3ccccc3n2)cc1. The lowest BCUT2D eigenvalue weighted by molar-refractivity contribution is 0.292. The van der Waals surface area contributed by atoms with E-state index in [-0.39, 0.29) is 6.61 Å². The molecule has 23 heavy (non-hydrogen) atoms. The first-order valence-corrected chi connectivity index (χ1v) is 7.71. The molecule has 0 unspecified atom stereocenters. The fraction of sp³-hybridized carbons (Fsp3) is 0.211. The molecule has 0 fully saturated rings. The summed E-state index contributed by atoms with van der Waals surface area (Å²) in [6.07, 6.45) is 0.717. The number of aromatic nitrogens is 1. The van der Waals surface area contributed by atoms with Gasteiger partial charge in [-0.05, 0) is 42.8 Å². The summed E-state index contributed by atoms with van der Waals surface area (Å²) in [5, 5.41) is 13.5. The van der Waals surface area contributed by atoms with Crippen molar-refractivity contribution in [2.75, 3.05) is 25.6 Å². The van der Waals surface area contributed by atoms with Crippen molar-refractivity contribution in [1.29, 1.82) is 0 Å². The molecule has 118 valence electrons. The number of aliphatic hydroxyl groups is 1. The number of benzene rings is 2. The molecule has 0 aliphatic carbocycles. The van der Waals surface area contributed by atoms with Gasteiger partial charge in [0.25, 0.3) is 0 Å². The van der Waals surface area contributed by atoms with Gasteiger partial charge in [-0.1, -0.05) is 18.2 Å². The molecule has 0 radical (unpaired) electrons. The maximum Gasteiger partial charge on any atom is 0.118 e. The Labute approximate surface area is 135 Å². The van der Waals surface area contributed by atoms with Crippen molar-refractivity contribution in [3.63, 3.8) is 0 Å². The van der Waals surface area contributed by atoms with Crippen molar-refractivity contribution < 1.29 is 9.84 Å². The van der Waals surface area contributed by atoms with Crippen molar-refractivity contribution in [3.05, 3.63) is 54.6 Å². The Balaban J connectivity index is 2.02. The molecule has 4 nitrogen and oxygen atoms in total. The number of fused-ring (bicyclic) bond motifs is 1. The van der Waals surface area contributed by atoms with Crippen LogP contribution in [0.3, 0.4) is 0 Å². The number of nitrogens with zero attached hydrogens (tertiary/aromatic N) is 1. The number of para-hydroxylation sites is 1. The van der Waals surface area contributed by atoms with E-state index in [1.807, 2.05) is 42.5 Å². The minimum absolute atomic E-state index is 0.182. The van der Waals surface area contributed by atoms with Crippen molar-refractivity contribution in [2.45, 2.75) is 6.42 Å². The van der Waals surface area contributed by atoms with Crippen molar-refractivity contribution in [1.82, 2.24) is 4.98 Å². The second-order valence-corrected chi connectivity index (χ2v) is 5.30. The van der Waals surface area contributed by atoms with Gasteiger partial charge in [0.15, 0.2) is 0 Å². The predicted octanol–water partition coefficient (Wildman–Crippen LogP) is 3.70. The molecule has 0 aliphatic heterocycles. The van der Waals surface area contributed by atoms with Crippen LogP contribution in [-0.4, -0.2) is 30.4 Å². The first kappa shape index (κ1) is 15.3. The lowest BCUT2D eigenvalue weighted by Gasteiger charge is -2.12. The maximum absolute atomic E-state index is 8.98. The van der Waals surface area contributed by atoms with Crippen LogP contribution in [0.15, 0.2) is 54.6 Å². The largest absolute Gasteiger partial charge is 0.497 e. The van der Waals surface area contributed by atoms with E-state index in [0.717, 1.165) is 40.1 Å². The van der Waals surface area contributed by atoms with E-state index in [9.17, 15) is 0 Å². The molecule has 0 saturated carbocycles. The Hall–Kier alpha value is -2.59. The lowest BCUT2D eigenvalue weighted by Crippen LogP contribution is -2.04. The molecule has 0 spiro atoms. The number of hydrogen-bond donors (Lipinski definition) is 2. The van der Waals surface area contributed by atoms with E-state index >= 15 is 0 Å². The summed E-state index contributed by atoms with van der Waals surface area (Å²) in [6.45, 7) is 0.911. The normalized spacial score (nSPS) is 10.7. The number of nitrogens with one attached hydrogen (secondary N) is 1. The minimum atomic E-state index is 0.182. The third-order valence-electron chi connectivity index (χ3n) is 3.75. The Morgan fingerprint density at radius 1 is 1.09 bits per heavy atom. The van der Waals surface area contributed by atoms with Crippen LogP contribution in [0.2, 0.25) is 0 Å². The van der Waals surface area contributed by atoms with Gasteiger partial charge in [-0.25, -0.2) is 4.98 Å². The zero-order chi connectivity index (χ0) is 16.1. The van der Waals surface area contributed by atoms with Crippen molar-refractivity contribution >= 4 is 16.6 Å². The van der Waals surface area contributed by atoms with E-state index in [2.05, 4.69) is 17.4 Å². The highest BCUT2D eigenvalue weighted by atomic mass is 16.5. The van der Waals surface area contributed by atoms with Gasteiger partial charge in [0, 0.05) is 29.8 Å². The number of hydrogen-bond acceptors (Lipinski definition) is 4. The second-order valence-electron chi connectivity index (χ2n) is 5.30. The second kappa shape index (κ2) is 7.11. The molecule has 3 aromatic rings. The quantitative estimate of drug-likeness (QED) is 0.682. The molecule has 0 atom stereocenters. The van der Waals surface area contributed by atoms with Gasteiger partial charge < -0.3 is 15.2 Å². The molecule has 0 saturated heterocycles. The summed E-state index contributed by atoms with van der Waals surface area (Å²) >= 11 is 0. The van der Waals surface area contributed by atoms with Crippen LogP contribution in [-0.2, 0) is 0 Å². The van der Waals surface area contributed by atoms with Gasteiger partial charge in [-0.2, -0.15) is 0 Å². The standard InChI is InChI=1S/C19H20N2O2/c1-23-15-9-7-14(8-10-15)18-13-19(20-11-4-12-22)16-5-2-3-6-17(16)21-18/h2-3,5-10,13,22H,4,11-12H2,1H3,(H,20,21). The summed E-state index contributed by atoms with van der Waals surface area (Å²) in [7, 11) is 1.66. The van der Waals surface area contributed by atoms with Gasteiger partial charge in [-0.3, -0.25) is 0 Å².